The van der Waals surface area contributed by atoms with Crippen LogP contribution in [0.15, 0.2) is 48.5 Å². The SMILES string of the molecule is O=C(NCCOCCOCCOCCCCCCCl)OCC1c2ccccc2-c2ccccc21. The van der Waals surface area contributed by atoms with E-state index >= 15 is 0 Å². The van der Waals surface area contributed by atoms with Gasteiger partial charge in [0.2, 0.25) is 0 Å². The van der Waals surface area contributed by atoms with Crippen LogP contribution in [0.4, 0.5) is 4.79 Å². The third-order valence-electron chi connectivity index (χ3n) is 5.78. The highest BCUT2D eigenvalue weighted by Gasteiger charge is 2.28. The molecule has 0 radical (unpaired) electrons. The van der Waals surface area contributed by atoms with Crippen LogP contribution in [0.5, 0.6) is 0 Å². The fourth-order valence-electron chi connectivity index (χ4n) is 4.07. The predicted molar refractivity (Wildman–Crippen MR) is 135 cm³/mol. The molecule has 1 N–H and O–H groups in total. The zero-order valence-electron chi connectivity index (χ0n) is 19.8. The second kappa shape index (κ2) is 15.7. The summed E-state index contributed by atoms with van der Waals surface area (Å²) in [4.78, 5) is 12.1. The highest BCUT2D eigenvalue weighted by atomic mass is 35.5. The Bertz CT molecular complexity index is 817. The Hall–Kier alpha value is -2.12. The molecule has 3 rings (SSSR count). The van der Waals surface area contributed by atoms with E-state index in [1.807, 2.05) is 24.3 Å². The number of ether oxygens (including phenoxy) is 4. The van der Waals surface area contributed by atoms with Gasteiger partial charge in [0.25, 0.3) is 0 Å². The smallest absolute Gasteiger partial charge is 0.407 e. The number of alkyl carbamates (subject to hydrolysis) is 1. The number of hydrogen-bond acceptors (Lipinski definition) is 5. The van der Waals surface area contributed by atoms with Gasteiger partial charge in [-0.05, 0) is 35.1 Å². The third kappa shape index (κ3) is 8.58. The van der Waals surface area contributed by atoms with Crippen LogP contribution in [0.3, 0.4) is 0 Å². The fourth-order valence-corrected chi connectivity index (χ4v) is 4.26. The maximum absolute atomic E-state index is 12.1. The number of halogens is 1. The van der Waals surface area contributed by atoms with E-state index in [0.29, 0.717) is 46.2 Å². The zero-order valence-corrected chi connectivity index (χ0v) is 20.6. The van der Waals surface area contributed by atoms with Crippen LogP contribution in [0, 0.1) is 0 Å². The number of amides is 1. The van der Waals surface area contributed by atoms with Crippen LogP contribution in [0.25, 0.3) is 11.1 Å². The maximum Gasteiger partial charge on any atom is 0.407 e. The summed E-state index contributed by atoms with van der Waals surface area (Å²) in [5, 5.41) is 2.74. The minimum Gasteiger partial charge on any atom is -0.449 e. The van der Waals surface area contributed by atoms with Gasteiger partial charge in [-0.15, -0.1) is 11.6 Å². The molecule has 34 heavy (non-hydrogen) atoms. The summed E-state index contributed by atoms with van der Waals surface area (Å²) in [5.74, 6) is 0.800. The summed E-state index contributed by atoms with van der Waals surface area (Å²) >= 11 is 5.65. The second-order valence-electron chi connectivity index (χ2n) is 8.19. The van der Waals surface area contributed by atoms with Gasteiger partial charge in [-0.3, -0.25) is 0 Å². The molecule has 2 aromatic carbocycles. The van der Waals surface area contributed by atoms with Gasteiger partial charge in [0.15, 0.2) is 0 Å². The number of nitrogens with one attached hydrogen (secondary N) is 1. The average Bonchev–Trinajstić information content (AvgIpc) is 3.19. The molecule has 0 aliphatic heterocycles. The van der Waals surface area contributed by atoms with Gasteiger partial charge in [0, 0.05) is 24.9 Å². The van der Waals surface area contributed by atoms with Crippen molar-refractivity contribution in [2.24, 2.45) is 0 Å². The molecular formula is C27H36ClNO5. The van der Waals surface area contributed by atoms with Crippen LogP contribution in [0.1, 0.15) is 42.7 Å². The molecule has 7 heteroatoms. The zero-order chi connectivity index (χ0) is 23.8. The number of unbranched alkanes of at least 4 members (excludes halogenated alkanes) is 3. The number of carbonyl (C=O) groups excluding carboxylic acids is 1. The topological polar surface area (TPSA) is 66.0 Å². The molecule has 1 amide bonds. The maximum atomic E-state index is 12.1. The summed E-state index contributed by atoms with van der Waals surface area (Å²) < 4.78 is 22.0. The molecule has 0 saturated carbocycles. The lowest BCUT2D eigenvalue weighted by Gasteiger charge is -2.14. The first-order chi connectivity index (χ1) is 16.8. The van der Waals surface area contributed by atoms with Crippen molar-refractivity contribution in [1.82, 2.24) is 5.32 Å². The van der Waals surface area contributed by atoms with E-state index in [2.05, 4.69) is 29.6 Å². The quantitative estimate of drug-likeness (QED) is 0.239. The van der Waals surface area contributed by atoms with Crippen molar-refractivity contribution in [3.63, 3.8) is 0 Å². The van der Waals surface area contributed by atoms with Crippen molar-refractivity contribution in [3.05, 3.63) is 59.7 Å². The van der Waals surface area contributed by atoms with Crippen molar-refractivity contribution >= 4 is 17.7 Å². The van der Waals surface area contributed by atoms with Gasteiger partial charge in [-0.1, -0.05) is 61.4 Å². The van der Waals surface area contributed by atoms with Crippen molar-refractivity contribution in [3.8, 4) is 11.1 Å². The second-order valence-corrected chi connectivity index (χ2v) is 8.57. The molecular weight excluding hydrogens is 454 g/mol. The molecule has 0 spiro atoms. The van der Waals surface area contributed by atoms with Gasteiger partial charge >= 0.3 is 6.09 Å². The van der Waals surface area contributed by atoms with Crippen LogP contribution in [-0.2, 0) is 18.9 Å². The van der Waals surface area contributed by atoms with Gasteiger partial charge in [0.1, 0.15) is 6.61 Å². The van der Waals surface area contributed by atoms with Gasteiger partial charge in [0.05, 0.1) is 33.0 Å². The fraction of sp³-hybridized carbons (Fsp3) is 0.519. The minimum atomic E-state index is -0.429. The number of benzene rings is 2. The van der Waals surface area contributed by atoms with Gasteiger partial charge < -0.3 is 24.3 Å². The Morgan fingerprint density at radius 2 is 1.29 bits per heavy atom. The lowest BCUT2D eigenvalue weighted by atomic mass is 9.98. The van der Waals surface area contributed by atoms with E-state index in [1.54, 1.807) is 0 Å². The monoisotopic (exact) mass is 489 g/mol. The summed E-state index contributed by atoms with van der Waals surface area (Å²) in [6.45, 7) is 4.01. The Morgan fingerprint density at radius 1 is 0.735 bits per heavy atom. The molecule has 1 aliphatic rings. The molecule has 0 unspecified atom stereocenters. The largest absolute Gasteiger partial charge is 0.449 e. The standard InChI is InChI=1S/C27H36ClNO5/c28-13-7-1-2-8-15-31-17-19-33-20-18-32-16-14-29-27(30)34-21-26-24-11-5-3-9-22(24)23-10-4-6-12-25(23)26/h3-6,9-12,26H,1-2,7-8,13-21H2,(H,29,30). The lowest BCUT2D eigenvalue weighted by Crippen LogP contribution is -2.29. The molecule has 0 atom stereocenters. The molecule has 0 fully saturated rings. The molecule has 186 valence electrons. The van der Waals surface area contributed by atoms with E-state index in [4.69, 9.17) is 30.5 Å². The normalized spacial score (nSPS) is 12.4. The van der Waals surface area contributed by atoms with Crippen molar-refractivity contribution in [2.75, 3.05) is 58.7 Å². The highest BCUT2D eigenvalue weighted by molar-refractivity contribution is 6.17. The van der Waals surface area contributed by atoms with Crippen LogP contribution >= 0.6 is 11.6 Å². The third-order valence-corrected chi connectivity index (χ3v) is 6.04. The number of carbonyl (C=O) groups is 1. The molecule has 0 bridgehead atoms. The molecule has 6 nitrogen and oxygen atoms in total. The highest BCUT2D eigenvalue weighted by Crippen LogP contribution is 2.44. The summed E-state index contributed by atoms with van der Waals surface area (Å²) in [5.41, 5.74) is 4.83. The van der Waals surface area contributed by atoms with Crippen LogP contribution in [0.2, 0.25) is 0 Å². The number of hydrogen-bond donors (Lipinski definition) is 1. The minimum absolute atomic E-state index is 0.0615. The van der Waals surface area contributed by atoms with Crippen molar-refractivity contribution < 1.29 is 23.7 Å². The van der Waals surface area contributed by atoms with Gasteiger partial charge in [-0.2, -0.15) is 0 Å². The first-order valence-electron chi connectivity index (χ1n) is 12.2. The molecule has 0 heterocycles. The summed E-state index contributed by atoms with van der Waals surface area (Å²) in [7, 11) is 0. The van der Waals surface area contributed by atoms with E-state index in [-0.39, 0.29) is 5.92 Å². The number of fused-ring (bicyclic) bond motifs is 3. The van der Waals surface area contributed by atoms with Crippen LogP contribution in [-0.4, -0.2) is 64.8 Å². The predicted octanol–water partition coefficient (Wildman–Crippen LogP) is 5.37. The average molecular weight is 490 g/mol. The Morgan fingerprint density at radius 3 is 1.94 bits per heavy atom. The molecule has 0 aromatic heterocycles. The first-order valence-corrected chi connectivity index (χ1v) is 12.7. The number of alkyl halides is 1. The van der Waals surface area contributed by atoms with E-state index < -0.39 is 6.09 Å². The van der Waals surface area contributed by atoms with Crippen LogP contribution < -0.4 is 5.32 Å². The summed E-state index contributed by atoms with van der Waals surface area (Å²) in [6.07, 6.45) is 4.03. The van der Waals surface area contributed by atoms with E-state index in [9.17, 15) is 4.79 Å². The molecule has 1 aliphatic carbocycles. The first kappa shape index (κ1) is 26.5. The number of rotatable bonds is 17. The summed E-state index contributed by atoms with van der Waals surface area (Å²) in [6, 6.07) is 16.6. The Kier molecular flexibility index (Phi) is 12.2. The van der Waals surface area contributed by atoms with Gasteiger partial charge in [-0.25, -0.2) is 4.79 Å². The molecule has 2 aromatic rings. The van der Waals surface area contributed by atoms with E-state index in [1.165, 1.54) is 22.3 Å². The van der Waals surface area contributed by atoms with Crippen molar-refractivity contribution in [1.29, 1.82) is 0 Å². The van der Waals surface area contributed by atoms with E-state index in [0.717, 1.165) is 38.2 Å². The Balaban J connectivity index is 1.18. The van der Waals surface area contributed by atoms with Crippen molar-refractivity contribution in [2.45, 2.75) is 31.6 Å². The molecule has 0 saturated heterocycles. The Labute approximate surface area is 207 Å². The lowest BCUT2D eigenvalue weighted by molar-refractivity contribution is 0.0144.